The molecule has 21 heavy (non-hydrogen) atoms. The third-order valence-corrected chi connectivity index (χ3v) is 4.23. The second kappa shape index (κ2) is 10.5. The quantitative estimate of drug-likeness (QED) is 0.571. The van der Waals surface area contributed by atoms with E-state index in [1.165, 1.54) is 32.1 Å². The van der Waals surface area contributed by atoms with Crippen molar-refractivity contribution in [3.8, 4) is 0 Å². The number of unbranched alkanes of at least 4 members (excludes halogenated alkanes) is 5. The van der Waals surface area contributed by atoms with Gasteiger partial charge in [-0.1, -0.05) is 39.0 Å². The molecule has 0 radical (unpaired) electrons. The zero-order valence-electron chi connectivity index (χ0n) is 13.2. The summed E-state index contributed by atoms with van der Waals surface area (Å²) < 4.78 is 0. The molecular formula is C16H30N2O3. The number of hydrogen-bond donors (Lipinski definition) is 3. The Hall–Kier alpha value is -1.26. The fraction of sp³-hybridized carbons (Fsp3) is 0.875. The first-order valence-electron chi connectivity index (χ1n) is 8.40. The van der Waals surface area contributed by atoms with E-state index in [4.69, 9.17) is 5.11 Å². The molecule has 5 nitrogen and oxygen atoms in total. The van der Waals surface area contributed by atoms with Crippen molar-refractivity contribution in [1.29, 1.82) is 0 Å². The van der Waals surface area contributed by atoms with Gasteiger partial charge >= 0.3 is 12.0 Å². The van der Waals surface area contributed by atoms with Gasteiger partial charge in [-0.15, -0.1) is 0 Å². The van der Waals surface area contributed by atoms with Crippen molar-refractivity contribution in [2.24, 2.45) is 5.92 Å². The molecule has 0 unspecified atom stereocenters. The first kappa shape index (κ1) is 17.8. The van der Waals surface area contributed by atoms with E-state index in [2.05, 4.69) is 17.6 Å². The molecule has 1 rings (SSSR count). The van der Waals surface area contributed by atoms with E-state index in [1.807, 2.05) is 0 Å². The average molecular weight is 298 g/mol. The summed E-state index contributed by atoms with van der Waals surface area (Å²) in [5.74, 6) is -0.935. The van der Waals surface area contributed by atoms with Crippen LogP contribution in [0.3, 0.4) is 0 Å². The minimum Gasteiger partial charge on any atom is -0.481 e. The van der Waals surface area contributed by atoms with Crippen LogP contribution in [0.5, 0.6) is 0 Å². The Morgan fingerprint density at radius 3 is 2.24 bits per heavy atom. The fourth-order valence-electron chi connectivity index (χ4n) is 2.83. The molecular weight excluding hydrogens is 268 g/mol. The third kappa shape index (κ3) is 7.93. The van der Waals surface area contributed by atoms with E-state index < -0.39 is 5.97 Å². The zero-order valence-corrected chi connectivity index (χ0v) is 13.2. The van der Waals surface area contributed by atoms with Crippen LogP contribution >= 0.6 is 0 Å². The summed E-state index contributed by atoms with van der Waals surface area (Å²) in [4.78, 5) is 22.6. The smallest absolute Gasteiger partial charge is 0.315 e. The molecule has 0 spiro atoms. The van der Waals surface area contributed by atoms with Gasteiger partial charge in [0.25, 0.3) is 0 Å². The van der Waals surface area contributed by atoms with Gasteiger partial charge in [0.1, 0.15) is 0 Å². The highest BCUT2D eigenvalue weighted by atomic mass is 16.4. The molecule has 2 amide bonds. The molecule has 3 N–H and O–H groups in total. The van der Waals surface area contributed by atoms with Gasteiger partial charge in [0.05, 0.1) is 5.92 Å². The topological polar surface area (TPSA) is 78.4 Å². The molecule has 5 heteroatoms. The Labute approximate surface area is 127 Å². The van der Waals surface area contributed by atoms with E-state index in [0.717, 1.165) is 25.8 Å². The summed E-state index contributed by atoms with van der Waals surface area (Å²) in [6.07, 6.45) is 10.1. The molecule has 0 saturated heterocycles. The van der Waals surface area contributed by atoms with Crippen molar-refractivity contribution >= 4 is 12.0 Å². The van der Waals surface area contributed by atoms with Gasteiger partial charge in [0, 0.05) is 12.6 Å². The standard InChI is InChI=1S/C16H30N2O3/c1-2-3-4-5-6-7-12-17-16(21)18-14-10-8-13(9-11-14)15(19)20/h13-14H,2-12H2,1H3,(H,19,20)(H2,17,18,21). The third-order valence-electron chi connectivity index (χ3n) is 4.23. The molecule has 0 aromatic heterocycles. The highest BCUT2D eigenvalue weighted by Crippen LogP contribution is 2.24. The lowest BCUT2D eigenvalue weighted by atomic mass is 9.86. The molecule has 122 valence electrons. The lowest BCUT2D eigenvalue weighted by Crippen LogP contribution is -2.44. The highest BCUT2D eigenvalue weighted by molar-refractivity contribution is 5.74. The predicted octanol–water partition coefficient (Wildman–Crippen LogP) is 3.29. The number of carbonyl (C=O) groups excluding carboxylic acids is 1. The number of carbonyl (C=O) groups is 2. The van der Waals surface area contributed by atoms with E-state index in [0.29, 0.717) is 12.8 Å². The van der Waals surface area contributed by atoms with Crippen LogP contribution in [0.1, 0.15) is 71.1 Å². The Bertz CT molecular complexity index is 313. The van der Waals surface area contributed by atoms with Crippen molar-refractivity contribution in [3.63, 3.8) is 0 Å². The number of nitrogens with one attached hydrogen (secondary N) is 2. The Balaban J connectivity index is 2.00. The molecule has 1 saturated carbocycles. The maximum Gasteiger partial charge on any atom is 0.315 e. The minimum absolute atomic E-state index is 0.109. The van der Waals surface area contributed by atoms with E-state index in [1.54, 1.807) is 0 Å². The molecule has 0 aliphatic heterocycles. The van der Waals surface area contributed by atoms with Gasteiger partial charge in [0.15, 0.2) is 0 Å². The number of aliphatic carboxylic acids is 1. The number of carboxylic acids is 1. The van der Waals surface area contributed by atoms with Crippen molar-refractivity contribution in [2.45, 2.75) is 77.2 Å². The minimum atomic E-state index is -0.707. The SMILES string of the molecule is CCCCCCCCNC(=O)NC1CCC(C(=O)O)CC1. The maximum atomic E-state index is 11.7. The lowest BCUT2D eigenvalue weighted by Gasteiger charge is -2.26. The second-order valence-corrected chi connectivity index (χ2v) is 6.05. The number of hydrogen-bond acceptors (Lipinski definition) is 2. The second-order valence-electron chi connectivity index (χ2n) is 6.05. The number of urea groups is 1. The predicted molar refractivity (Wildman–Crippen MR) is 83.3 cm³/mol. The van der Waals surface area contributed by atoms with Crippen molar-refractivity contribution in [3.05, 3.63) is 0 Å². The molecule has 1 aliphatic rings. The number of carboxylic acid groups (broad SMARTS) is 1. The normalized spacial score (nSPS) is 21.8. The zero-order chi connectivity index (χ0) is 15.5. The summed E-state index contributed by atoms with van der Waals surface area (Å²) in [5, 5.41) is 14.8. The van der Waals surface area contributed by atoms with E-state index >= 15 is 0 Å². The maximum absolute atomic E-state index is 11.7. The van der Waals surface area contributed by atoms with Crippen molar-refractivity contribution in [2.75, 3.05) is 6.54 Å². The van der Waals surface area contributed by atoms with Gasteiger partial charge in [-0.3, -0.25) is 4.79 Å². The van der Waals surface area contributed by atoms with Crippen LogP contribution in [-0.2, 0) is 4.79 Å². The molecule has 0 aromatic carbocycles. The van der Waals surface area contributed by atoms with Gasteiger partial charge < -0.3 is 15.7 Å². The molecule has 1 fully saturated rings. The summed E-state index contributed by atoms with van der Waals surface area (Å²) in [6, 6.07) is 0.0208. The molecule has 0 aromatic rings. The molecule has 0 atom stereocenters. The van der Waals surface area contributed by atoms with E-state index in [9.17, 15) is 9.59 Å². The Kier molecular flexibility index (Phi) is 8.87. The van der Waals surface area contributed by atoms with Crippen LogP contribution in [-0.4, -0.2) is 29.7 Å². The fourth-order valence-corrected chi connectivity index (χ4v) is 2.83. The number of amides is 2. The lowest BCUT2D eigenvalue weighted by molar-refractivity contribution is -0.142. The van der Waals surface area contributed by atoms with Crippen LogP contribution in [0.4, 0.5) is 4.79 Å². The van der Waals surface area contributed by atoms with Crippen LogP contribution in [0.25, 0.3) is 0 Å². The van der Waals surface area contributed by atoms with E-state index in [-0.39, 0.29) is 18.0 Å². The first-order valence-corrected chi connectivity index (χ1v) is 8.40. The first-order chi connectivity index (χ1) is 10.1. The molecule has 0 bridgehead atoms. The van der Waals surface area contributed by atoms with Gasteiger partial charge in [-0.25, -0.2) is 4.79 Å². The van der Waals surface area contributed by atoms with Crippen LogP contribution in [0, 0.1) is 5.92 Å². The van der Waals surface area contributed by atoms with Gasteiger partial charge in [-0.2, -0.15) is 0 Å². The van der Waals surface area contributed by atoms with Gasteiger partial charge in [-0.05, 0) is 32.1 Å². The van der Waals surface area contributed by atoms with Crippen LogP contribution in [0.15, 0.2) is 0 Å². The van der Waals surface area contributed by atoms with Crippen LogP contribution < -0.4 is 10.6 Å². The average Bonchev–Trinajstić information content (AvgIpc) is 2.47. The highest BCUT2D eigenvalue weighted by Gasteiger charge is 2.26. The molecule has 1 aliphatic carbocycles. The van der Waals surface area contributed by atoms with Crippen molar-refractivity contribution in [1.82, 2.24) is 10.6 Å². The molecule has 0 heterocycles. The summed E-state index contributed by atoms with van der Waals surface area (Å²) in [5.41, 5.74) is 0. The summed E-state index contributed by atoms with van der Waals surface area (Å²) in [6.45, 7) is 2.93. The monoisotopic (exact) mass is 298 g/mol. The summed E-state index contributed by atoms with van der Waals surface area (Å²) >= 11 is 0. The summed E-state index contributed by atoms with van der Waals surface area (Å²) in [7, 11) is 0. The Morgan fingerprint density at radius 2 is 1.62 bits per heavy atom. The number of rotatable bonds is 9. The van der Waals surface area contributed by atoms with Crippen molar-refractivity contribution < 1.29 is 14.7 Å². The van der Waals surface area contributed by atoms with Gasteiger partial charge in [0.2, 0.25) is 0 Å². The largest absolute Gasteiger partial charge is 0.481 e. The Morgan fingerprint density at radius 1 is 1.00 bits per heavy atom. The van der Waals surface area contributed by atoms with Crippen LogP contribution in [0.2, 0.25) is 0 Å².